The van der Waals surface area contributed by atoms with E-state index in [9.17, 15) is 26.7 Å². The number of ether oxygens (including phenoxy) is 1. The highest BCUT2D eigenvalue weighted by atomic mass is 127. The van der Waals surface area contributed by atoms with Crippen LogP contribution in [0.4, 0.5) is 33.5 Å². The second-order valence-corrected chi connectivity index (χ2v) is 10.9. The zero-order valence-electron chi connectivity index (χ0n) is 19.2. The second-order valence-electron chi connectivity index (χ2n) is 7.85. The minimum Gasteiger partial charge on any atom is -0.453 e. The molecule has 0 saturated carbocycles. The summed E-state index contributed by atoms with van der Waals surface area (Å²) in [7, 11) is 0. The number of rotatable bonds is 8. The molecule has 7 nitrogen and oxygen atoms in total. The summed E-state index contributed by atoms with van der Waals surface area (Å²) in [5, 5.41) is 6.94. The number of hydrogen-bond donors (Lipinski definition) is 2. The Hall–Kier alpha value is -2.26. The first-order valence-corrected chi connectivity index (χ1v) is 15.9. The molecule has 1 unspecified atom stereocenters. The summed E-state index contributed by atoms with van der Waals surface area (Å²) < 4.78 is 80.8. The van der Waals surface area contributed by atoms with E-state index in [1.165, 1.54) is 16.8 Å². The van der Waals surface area contributed by atoms with E-state index >= 15 is 0 Å². The smallest absolute Gasteiger partial charge is 0.416 e. The zero-order valence-corrected chi connectivity index (χ0v) is 24.7. The maximum atomic E-state index is 14.0. The lowest BCUT2D eigenvalue weighted by molar-refractivity contribution is -0.137. The fraction of sp³-hybridized carbons (Fsp3) is 0.130. The van der Waals surface area contributed by atoms with Crippen LogP contribution in [-0.4, -0.2) is 22.3 Å². The standard InChI is InChI=1S/C23H15BrClF5IN4O3P/c24-14-9-16(33-22(36)10-5-11(23(28,29)30)7-13(27)6-10)20(38-17-8-12(26)1-2-15(17)25)18-19(14)35(34-21(18)32)3-4-37-39-31/h1-2,5-9,39H,3-4H2,(H2,32,34)(H,33,36). The SMILES string of the molecule is Nc1nn(CCOPI)c2c(Br)cc(NC(=O)c3cc(F)cc(C(F)(F)F)c3)c(Oc3cc(F)ccc3Cl)c12. The maximum absolute atomic E-state index is 14.0. The molecule has 16 heteroatoms. The summed E-state index contributed by atoms with van der Waals surface area (Å²) in [5.74, 6) is -3.30. The first-order chi connectivity index (χ1) is 18.4. The molecule has 0 aliphatic rings. The highest BCUT2D eigenvalue weighted by Gasteiger charge is 2.32. The van der Waals surface area contributed by atoms with E-state index in [0.29, 0.717) is 28.7 Å². The Morgan fingerprint density at radius 1 is 1.18 bits per heavy atom. The van der Waals surface area contributed by atoms with Gasteiger partial charge < -0.3 is 20.3 Å². The molecule has 1 heterocycles. The Morgan fingerprint density at radius 3 is 2.62 bits per heavy atom. The molecule has 0 aliphatic carbocycles. The predicted molar refractivity (Wildman–Crippen MR) is 151 cm³/mol. The van der Waals surface area contributed by atoms with E-state index in [2.05, 4.69) is 48.4 Å². The van der Waals surface area contributed by atoms with E-state index in [4.69, 9.17) is 26.6 Å². The average Bonchev–Trinajstić information content (AvgIpc) is 3.19. The van der Waals surface area contributed by atoms with Gasteiger partial charge in [-0.3, -0.25) is 9.48 Å². The molecule has 0 radical (unpaired) electrons. The number of aromatic nitrogens is 2. The second kappa shape index (κ2) is 12.1. The number of benzene rings is 3. The van der Waals surface area contributed by atoms with Crippen LogP contribution in [0.3, 0.4) is 0 Å². The number of carbonyl (C=O) groups is 1. The molecule has 1 atom stereocenters. The van der Waals surface area contributed by atoms with Crippen molar-refractivity contribution in [2.45, 2.75) is 12.7 Å². The van der Waals surface area contributed by atoms with Gasteiger partial charge in [0.25, 0.3) is 5.91 Å². The molecule has 1 amide bonds. The Kier molecular flexibility index (Phi) is 9.21. The molecular formula is C23H15BrClF5IN4O3P. The lowest BCUT2D eigenvalue weighted by atomic mass is 10.1. The van der Waals surface area contributed by atoms with Gasteiger partial charge in [0.1, 0.15) is 17.4 Å². The number of nitrogen functional groups attached to an aromatic ring is 1. The summed E-state index contributed by atoms with van der Waals surface area (Å²) in [6.45, 7) is 0.799. The monoisotopic (exact) mass is 762 g/mol. The summed E-state index contributed by atoms with van der Waals surface area (Å²) in [4.78, 5) is 13.0. The van der Waals surface area contributed by atoms with Crippen molar-refractivity contribution in [2.24, 2.45) is 0 Å². The number of hydrogen-bond acceptors (Lipinski definition) is 5. The van der Waals surface area contributed by atoms with Crippen LogP contribution >= 0.6 is 56.0 Å². The maximum Gasteiger partial charge on any atom is 0.416 e. The van der Waals surface area contributed by atoms with Crippen molar-refractivity contribution in [3.05, 3.63) is 74.7 Å². The summed E-state index contributed by atoms with van der Waals surface area (Å²) in [6.07, 6.45) is -4.88. The molecular weight excluding hydrogens is 749 g/mol. The van der Waals surface area contributed by atoms with Crippen LogP contribution in [0.1, 0.15) is 15.9 Å². The van der Waals surface area contributed by atoms with Gasteiger partial charge in [0.2, 0.25) is 0 Å². The first kappa shape index (κ1) is 29.7. The Bertz CT molecular complexity index is 1570. The quantitative estimate of drug-likeness (QED) is 0.0816. The van der Waals surface area contributed by atoms with Crippen LogP contribution in [-0.2, 0) is 17.2 Å². The highest BCUT2D eigenvalue weighted by Crippen LogP contribution is 2.45. The molecule has 0 fully saturated rings. The normalized spacial score (nSPS) is 12.0. The van der Waals surface area contributed by atoms with Crippen LogP contribution in [0.15, 0.2) is 46.9 Å². The fourth-order valence-electron chi connectivity index (χ4n) is 3.62. The number of amides is 1. The van der Waals surface area contributed by atoms with Gasteiger partial charge in [-0.2, -0.15) is 18.3 Å². The van der Waals surface area contributed by atoms with Crippen LogP contribution in [0.25, 0.3) is 10.9 Å². The van der Waals surface area contributed by atoms with Gasteiger partial charge in [-0.25, -0.2) is 8.78 Å². The molecule has 4 rings (SSSR count). The molecule has 0 spiro atoms. The van der Waals surface area contributed by atoms with Crippen molar-refractivity contribution in [2.75, 3.05) is 17.7 Å². The molecule has 0 bridgehead atoms. The fourth-order valence-corrected chi connectivity index (χ4v) is 5.23. The van der Waals surface area contributed by atoms with E-state index < -0.39 is 34.8 Å². The average molecular weight is 764 g/mol. The van der Waals surface area contributed by atoms with E-state index in [0.717, 1.165) is 12.1 Å². The van der Waals surface area contributed by atoms with Gasteiger partial charge in [-0.15, -0.1) is 0 Å². The van der Waals surface area contributed by atoms with Gasteiger partial charge in [0.05, 0.1) is 46.8 Å². The summed E-state index contributed by atoms with van der Waals surface area (Å²) in [5.41, 5.74) is 4.60. The van der Waals surface area contributed by atoms with E-state index in [1.807, 2.05) is 0 Å². The number of carbonyl (C=O) groups excluding carboxylic acids is 1. The minimum absolute atomic E-state index is 0.0205. The predicted octanol–water partition coefficient (Wildman–Crippen LogP) is 8.34. The molecule has 3 aromatic carbocycles. The topological polar surface area (TPSA) is 91.4 Å². The van der Waals surface area contributed by atoms with Gasteiger partial charge in [-0.1, -0.05) is 11.6 Å². The number of nitrogens with one attached hydrogen (secondary N) is 1. The van der Waals surface area contributed by atoms with Gasteiger partial charge in [0.15, 0.2) is 11.6 Å². The molecule has 0 saturated heterocycles. The van der Waals surface area contributed by atoms with Crippen LogP contribution < -0.4 is 15.8 Å². The van der Waals surface area contributed by atoms with Crippen molar-refractivity contribution >= 4 is 84.3 Å². The van der Waals surface area contributed by atoms with Crippen LogP contribution in [0.5, 0.6) is 11.5 Å². The minimum atomic E-state index is -4.88. The van der Waals surface area contributed by atoms with Crippen molar-refractivity contribution in [1.82, 2.24) is 9.78 Å². The van der Waals surface area contributed by atoms with Crippen molar-refractivity contribution in [1.29, 1.82) is 0 Å². The number of alkyl halides is 3. The van der Waals surface area contributed by atoms with E-state index in [1.54, 1.807) is 0 Å². The molecule has 39 heavy (non-hydrogen) atoms. The van der Waals surface area contributed by atoms with Crippen molar-refractivity contribution in [3.8, 4) is 11.5 Å². The Balaban J connectivity index is 1.85. The first-order valence-electron chi connectivity index (χ1n) is 10.7. The lowest BCUT2D eigenvalue weighted by Gasteiger charge is -2.17. The third-order valence-corrected chi connectivity index (χ3v) is 7.41. The van der Waals surface area contributed by atoms with Gasteiger partial charge >= 0.3 is 6.18 Å². The van der Waals surface area contributed by atoms with Crippen LogP contribution in [0.2, 0.25) is 5.02 Å². The number of halogens is 8. The summed E-state index contributed by atoms with van der Waals surface area (Å²) in [6, 6.07) is 6.19. The van der Waals surface area contributed by atoms with Crippen molar-refractivity contribution < 1.29 is 36.0 Å². The third-order valence-electron chi connectivity index (χ3n) is 5.25. The largest absolute Gasteiger partial charge is 0.453 e. The number of anilines is 2. The molecule has 0 aliphatic heterocycles. The third kappa shape index (κ3) is 6.73. The Morgan fingerprint density at radius 2 is 1.92 bits per heavy atom. The molecule has 206 valence electrons. The lowest BCUT2D eigenvalue weighted by Crippen LogP contribution is -2.15. The highest BCUT2D eigenvalue weighted by molar-refractivity contribution is 14.2. The Labute approximate surface area is 245 Å². The van der Waals surface area contributed by atoms with Crippen molar-refractivity contribution in [3.63, 3.8) is 0 Å². The number of nitrogens with two attached hydrogens (primary N) is 1. The van der Waals surface area contributed by atoms with Gasteiger partial charge in [-0.05, 0) is 74.4 Å². The molecule has 1 aromatic heterocycles. The molecule has 4 aromatic rings. The van der Waals surface area contributed by atoms with Gasteiger partial charge in [0, 0.05) is 16.1 Å². The van der Waals surface area contributed by atoms with Crippen LogP contribution in [0, 0.1) is 11.6 Å². The zero-order chi connectivity index (χ0) is 28.5. The number of fused-ring (bicyclic) bond motifs is 1. The van der Waals surface area contributed by atoms with E-state index in [-0.39, 0.29) is 52.5 Å². The summed E-state index contributed by atoms with van der Waals surface area (Å²) >= 11 is 11.7. The molecule has 3 N–H and O–H groups in total. The number of nitrogens with zero attached hydrogens (tertiary/aromatic N) is 2.